The van der Waals surface area contributed by atoms with Gasteiger partial charge in [-0.15, -0.1) is 11.3 Å². The quantitative estimate of drug-likeness (QED) is 0.889. The Balaban J connectivity index is 2.17. The molecular weight excluding hydrogens is 246 g/mol. The van der Waals surface area contributed by atoms with Crippen molar-refractivity contribution in [3.63, 3.8) is 0 Å². The van der Waals surface area contributed by atoms with Crippen molar-refractivity contribution in [3.05, 3.63) is 45.9 Å². The van der Waals surface area contributed by atoms with Gasteiger partial charge in [-0.05, 0) is 37.6 Å². The van der Waals surface area contributed by atoms with Crippen LogP contribution >= 0.6 is 11.3 Å². The molecular formula is C13H15N3OS. The van der Waals surface area contributed by atoms with Crippen molar-refractivity contribution in [3.8, 4) is 0 Å². The number of primary amides is 1. The molecule has 0 fully saturated rings. The highest BCUT2D eigenvalue weighted by Crippen LogP contribution is 2.22. The molecule has 5 heteroatoms. The lowest BCUT2D eigenvalue weighted by Gasteiger charge is -2.15. The third-order valence-electron chi connectivity index (χ3n) is 2.78. The molecule has 1 amide bonds. The van der Waals surface area contributed by atoms with Crippen molar-refractivity contribution in [1.82, 2.24) is 4.98 Å². The lowest BCUT2D eigenvalue weighted by molar-refractivity contribution is 0.1000. The number of carbonyl (C=O) groups excluding carboxylic acids is 1. The number of amides is 1. The van der Waals surface area contributed by atoms with Gasteiger partial charge in [-0.2, -0.15) is 0 Å². The topological polar surface area (TPSA) is 68.0 Å². The second-order valence-corrected chi connectivity index (χ2v) is 4.89. The largest absolute Gasteiger partial charge is 0.377 e. The zero-order chi connectivity index (χ0) is 13.1. The highest BCUT2D eigenvalue weighted by atomic mass is 32.1. The van der Waals surface area contributed by atoms with E-state index in [0.717, 1.165) is 16.9 Å². The summed E-state index contributed by atoms with van der Waals surface area (Å²) in [6.45, 7) is 4.00. The molecule has 2 aromatic rings. The van der Waals surface area contributed by atoms with Crippen LogP contribution in [0, 0.1) is 6.92 Å². The third-order valence-corrected chi connectivity index (χ3v) is 3.38. The van der Waals surface area contributed by atoms with Crippen LogP contribution in [0.5, 0.6) is 0 Å². The molecule has 1 heterocycles. The molecule has 18 heavy (non-hydrogen) atoms. The van der Waals surface area contributed by atoms with Crippen LogP contribution in [0.15, 0.2) is 29.1 Å². The number of benzene rings is 1. The third kappa shape index (κ3) is 2.68. The lowest BCUT2D eigenvalue weighted by Crippen LogP contribution is -2.12. The number of hydrogen-bond acceptors (Lipinski definition) is 4. The molecule has 1 unspecified atom stereocenters. The average Bonchev–Trinajstić information content (AvgIpc) is 2.85. The van der Waals surface area contributed by atoms with Gasteiger partial charge in [0.1, 0.15) is 0 Å². The van der Waals surface area contributed by atoms with Crippen LogP contribution in [0.25, 0.3) is 0 Å². The molecule has 94 valence electrons. The van der Waals surface area contributed by atoms with Crippen LogP contribution in [0.1, 0.15) is 34.6 Å². The molecule has 0 saturated carbocycles. The van der Waals surface area contributed by atoms with Gasteiger partial charge in [-0.1, -0.05) is 0 Å². The summed E-state index contributed by atoms with van der Waals surface area (Å²) < 4.78 is 0. The minimum absolute atomic E-state index is 0.134. The van der Waals surface area contributed by atoms with Gasteiger partial charge in [0.25, 0.3) is 0 Å². The number of thiazole rings is 1. The van der Waals surface area contributed by atoms with Crippen molar-refractivity contribution in [1.29, 1.82) is 0 Å². The standard InChI is InChI=1S/C13H15N3OS/c1-8-5-10(13(14)17)3-4-11(8)16-9(2)12-6-18-7-15-12/h3-7,9,16H,1-2H3,(H2,14,17). The lowest BCUT2D eigenvalue weighted by atomic mass is 10.1. The molecule has 1 atom stereocenters. The molecule has 3 N–H and O–H groups in total. The molecule has 0 radical (unpaired) electrons. The first kappa shape index (κ1) is 12.6. The Morgan fingerprint density at radius 1 is 1.50 bits per heavy atom. The van der Waals surface area contributed by atoms with Gasteiger partial charge >= 0.3 is 0 Å². The molecule has 0 bridgehead atoms. The van der Waals surface area contributed by atoms with Gasteiger partial charge in [0.05, 0.1) is 17.2 Å². The minimum atomic E-state index is -0.405. The fourth-order valence-corrected chi connectivity index (χ4v) is 2.37. The SMILES string of the molecule is Cc1cc(C(N)=O)ccc1NC(C)c1cscn1. The second-order valence-electron chi connectivity index (χ2n) is 4.17. The van der Waals surface area contributed by atoms with Crippen molar-refractivity contribution < 1.29 is 4.79 Å². The molecule has 0 aliphatic heterocycles. The van der Waals surface area contributed by atoms with Crippen LogP contribution in [0.4, 0.5) is 5.69 Å². The number of carbonyl (C=O) groups is 1. The first-order valence-electron chi connectivity index (χ1n) is 5.63. The van der Waals surface area contributed by atoms with Gasteiger partial charge in [0.2, 0.25) is 5.91 Å². The van der Waals surface area contributed by atoms with Gasteiger partial charge in [0.15, 0.2) is 0 Å². The monoisotopic (exact) mass is 261 g/mol. The van der Waals surface area contributed by atoms with E-state index in [4.69, 9.17) is 5.73 Å². The summed E-state index contributed by atoms with van der Waals surface area (Å²) in [6.07, 6.45) is 0. The second kappa shape index (κ2) is 5.18. The molecule has 0 aliphatic rings. The molecule has 2 rings (SSSR count). The van der Waals surface area contributed by atoms with E-state index in [1.165, 1.54) is 0 Å². The Morgan fingerprint density at radius 3 is 2.83 bits per heavy atom. The predicted molar refractivity (Wildman–Crippen MR) is 73.8 cm³/mol. The summed E-state index contributed by atoms with van der Waals surface area (Å²) in [6, 6.07) is 5.52. The summed E-state index contributed by atoms with van der Waals surface area (Å²) in [4.78, 5) is 15.3. The molecule has 1 aromatic carbocycles. The number of anilines is 1. The number of aryl methyl sites for hydroxylation is 1. The van der Waals surface area contributed by atoms with E-state index in [2.05, 4.69) is 17.2 Å². The predicted octanol–water partition coefficient (Wildman–Crippen LogP) is 2.72. The fourth-order valence-electron chi connectivity index (χ4n) is 1.72. The molecule has 0 aliphatic carbocycles. The van der Waals surface area contributed by atoms with E-state index < -0.39 is 5.91 Å². The maximum atomic E-state index is 11.1. The van der Waals surface area contributed by atoms with Crippen molar-refractivity contribution >= 4 is 22.9 Å². The van der Waals surface area contributed by atoms with Gasteiger partial charge in [-0.25, -0.2) is 4.98 Å². The Labute approximate surface area is 110 Å². The number of rotatable bonds is 4. The van der Waals surface area contributed by atoms with Crippen LogP contribution in [0.2, 0.25) is 0 Å². The van der Waals surface area contributed by atoms with Crippen LogP contribution in [0.3, 0.4) is 0 Å². The number of aromatic nitrogens is 1. The highest BCUT2D eigenvalue weighted by molar-refractivity contribution is 7.07. The number of hydrogen-bond donors (Lipinski definition) is 2. The van der Waals surface area contributed by atoms with Gasteiger partial charge in [-0.3, -0.25) is 4.79 Å². The summed E-state index contributed by atoms with van der Waals surface area (Å²) >= 11 is 1.58. The molecule has 4 nitrogen and oxygen atoms in total. The number of nitrogens with one attached hydrogen (secondary N) is 1. The summed E-state index contributed by atoms with van der Waals surface area (Å²) in [5, 5.41) is 5.39. The average molecular weight is 261 g/mol. The molecule has 1 aromatic heterocycles. The minimum Gasteiger partial charge on any atom is -0.377 e. The van der Waals surface area contributed by atoms with E-state index in [0.29, 0.717) is 5.56 Å². The first-order valence-corrected chi connectivity index (χ1v) is 6.57. The molecule has 0 saturated heterocycles. The zero-order valence-corrected chi connectivity index (χ0v) is 11.1. The summed E-state index contributed by atoms with van der Waals surface area (Å²) in [5.41, 5.74) is 10.6. The van der Waals surface area contributed by atoms with Crippen molar-refractivity contribution in [2.45, 2.75) is 19.9 Å². The van der Waals surface area contributed by atoms with Crippen molar-refractivity contribution in [2.24, 2.45) is 5.73 Å². The molecule has 0 spiro atoms. The zero-order valence-electron chi connectivity index (χ0n) is 10.3. The smallest absolute Gasteiger partial charge is 0.248 e. The Morgan fingerprint density at radius 2 is 2.28 bits per heavy atom. The van der Waals surface area contributed by atoms with Crippen LogP contribution < -0.4 is 11.1 Å². The maximum absolute atomic E-state index is 11.1. The summed E-state index contributed by atoms with van der Waals surface area (Å²) in [5.74, 6) is -0.405. The van der Waals surface area contributed by atoms with E-state index in [9.17, 15) is 4.79 Å². The number of nitrogens with zero attached hydrogens (tertiary/aromatic N) is 1. The highest BCUT2D eigenvalue weighted by Gasteiger charge is 2.09. The van der Waals surface area contributed by atoms with Gasteiger partial charge in [0, 0.05) is 16.6 Å². The Kier molecular flexibility index (Phi) is 3.62. The van der Waals surface area contributed by atoms with Gasteiger partial charge < -0.3 is 11.1 Å². The van der Waals surface area contributed by atoms with Crippen molar-refractivity contribution in [2.75, 3.05) is 5.32 Å². The maximum Gasteiger partial charge on any atom is 0.248 e. The van der Waals surface area contributed by atoms with E-state index >= 15 is 0 Å². The van der Waals surface area contributed by atoms with E-state index in [1.54, 1.807) is 23.5 Å². The Bertz CT molecular complexity index is 551. The Hall–Kier alpha value is -1.88. The first-order chi connectivity index (χ1) is 8.58. The van der Waals surface area contributed by atoms with Crippen LogP contribution in [-0.2, 0) is 0 Å². The van der Waals surface area contributed by atoms with Crippen LogP contribution in [-0.4, -0.2) is 10.9 Å². The van der Waals surface area contributed by atoms with E-state index in [-0.39, 0.29) is 6.04 Å². The summed E-state index contributed by atoms with van der Waals surface area (Å²) in [7, 11) is 0. The van der Waals surface area contributed by atoms with E-state index in [1.807, 2.05) is 23.9 Å². The fraction of sp³-hybridized carbons (Fsp3) is 0.231. The number of nitrogens with two attached hydrogens (primary N) is 1. The normalized spacial score (nSPS) is 12.1.